The molecule has 0 unspecified atom stereocenters. The van der Waals surface area contributed by atoms with E-state index in [1.807, 2.05) is 25.1 Å². The highest BCUT2D eigenvalue weighted by Gasteiger charge is 2.03. The lowest BCUT2D eigenvalue weighted by atomic mass is 10.2. The number of benzene rings is 1. The minimum Gasteiger partial charge on any atom is -0.395 e. The Hall–Kier alpha value is -0.0900. The average Bonchev–Trinajstić information content (AvgIpc) is 2.19. The average molecular weight is 279 g/mol. The molecular weight excluding hydrogens is 265 g/mol. The third kappa shape index (κ3) is 3.58. The fraction of sp³-hybridized carbons (Fsp3) is 0.400. The number of aliphatic hydroxyl groups is 1. The van der Waals surface area contributed by atoms with E-state index in [1.165, 1.54) is 0 Å². The van der Waals surface area contributed by atoms with Gasteiger partial charge >= 0.3 is 0 Å². The molecule has 0 radical (unpaired) electrons. The summed E-state index contributed by atoms with van der Waals surface area (Å²) >= 11 is 9.38. The minimum atomic E-state index is 0.0880. The molecule has 1 atom stereocenters. The summed E-state index contributed by atoms with van der Waals surface area (Å²) in [5.74, 6) is 0. The van der Waals surface area contributed by atoms with Crippen molar-refractivity contribution >= 4 is 27.5 Å². The molecule has 1 aromatic carbocycles. The molecule has 0 heterocycles. The lowest BCUT2D eigenvalue weighted by molar-refractivity contribution is 0.251. The van der Waals surface area contributed by atoms with Crippen LogP contribution < -0.4 is 5.32 Å². The highest BCUT2D eigenvalue weighted by atomic mass is 79.9. The van der Waals surface area contributed by atoms with Crippen molar-refractivity contribution in [2.45, 2.75) is 19.5 Å². The molecule has 2 N–H and O–H groups in total. The topological polar surface area (TPSA) is 32.3 Å². The van der Waals surface area contributed by atoms with Crippen molar-refractivity contribution in [3.05, 3.63) is 33.3 Å². The van der Waals surface area contributed by atoms with E-state index in [-0.39, 0.29) is 12.6 Å². The fourth-order valence-corrected chi connectivity index (χ4v) is 1.62. The zero-order valence-electron chi connectivity index (χ0n) is 7.93. The Labute approximate surface area is 97.4 Å². The number of nitrogens with one attached hydrogen (secondary N) is 1. The maximum atomic E-state index is 8.83. The summed E-state index contributed by atoms with van der Waals surface area (Å²) in [7, 11) is 0. The zero-order valence-corrected chi connectivity index (χ0v) is 10.3. The highest BCUT2D eigenvalue weighted by molar-refractivity contribution is 9.10. The predicted molar refractivity (Wildman–Crippen MR) is 62.5 cm³/mol. The van der Waals surface area contributed by atoms with E-state index < -0.39 is 0 Å². The summed E-state index contributed by atoms with van der Waals surface area (Å²) < 4.78 is 1.01. The molecule has 0 amide bonds. The van der Waals surface area contributed by atoms with Gasteiger partial charge in [-0.2, -0.15) is 0 Å². The van der Waals surface area contributed by atoms with E-state index in [4.69, 9.17) is 16.7 Å². The van der Waals surface area contributed by atoms with Crippen molar-refractivity contribution in [2.75, 3.05) is 6.61 Å². The van der Waals surface area contributed by atoms with Gasteiger partial charge < -0.3 is 10.4 Å². The summed E-state index contributed by atoms with van der Waals surface area (Å²) in [5.41, 5.74) is 1.03. The molecule has 1 aromatic rings. The molecule has 0 aliphatic heterocycles. The van der Waals surface area contributed by atoms with Gasteiger partial charge in [-0.05, 0) is 30.7 Å². The molecule has 0 aromatic heterocycles. The second-order valence-electron chi connectivity index (χ2n) is 3.20. The van der Waals surface area contributed by atoms with Crippen molar-refractivity contribution in [2.24, 2.45) is 0 Å². The SMILES string of the molecule is C[C@@H](CO)NCc1cc(Br)ccc1Cl. The molecule has 0 bridgehead atoms. The molecule has 14 heavy (non-hydrogen) atoms. The van der Waals surface area contributed by atoms with E-state index in [2.05, 4.69) is 21.2 Å². The van der Waals surface area contributed by atoms with E-state index in [1.54, 1.807) is 0 Å². The Morgan fingerprint density at radius 3 is 2.93 bits per heavy atom. The first kappa shape index (κ1) is 12.0. The molecule has 0 saturated carbocycles. The predicted octanol–water partition coefficient (Wildman–Crippen LogP) is 2.57. The van der Waals surface area contributed by atoms with E-state index in [0.29, 0.717) is 6.54 Å². The van der Waals surface area contributed by atoms with Crippen LogP contribution in [0.1, 0.15) is 12.5 Å². The highest BCUT2D eigenvalue weighted by Crippen LogP contribution is 2.20. The van der Waals surface area contributed by atoms with Crippen LogP contribution in [-0.2, 0) is 6.54 Å². The molecule has 0 saturated heterocycles. The molecular formula is C10H13BrClNO. The van der Waals surface area contributed by atoms with Gasteiger partial charge in [0.25, 0.3) is 0 Å². The van der Waals surface area contributed by atoms with Crippen LogP contribution in [0.4, 0.5) is 0 Å². The fourth-order valence-electron chi connectivity index (χ4n) is 1.03. The normalized spacial score (nSPS) is 12.9. The number of hydrogen-bond acceptors (Lipinski definition) is 2. The van der Waals surface area contributed by atoms with Crippen molar-refractivity contribution in [3.63, 3.8) is 0 Å². The lowest BCUT2D eigenvalue weighted by Gasteiger charge is -2.11. The van der Waals surface area contributed by atoms with Crippen molar-refractivity contribution < 1.29 is 5.11 Å². The largest absolute Gasteiger partial charge is 0.395 e. The molecule has 1 rings (SSSR count). The smallest absolute Gasteiger partial charge is 0.0582 e. The lowest BCUT2D eigenvalue weighted by Crippen LogP contribution is -2.28. The van der Waals surface area contributed by atoms with Crippen LogP contribution in [0.3, 0.4) is 0 Å². The van der Waals surface area contributed by atoms with Crippen molar-refractivity contribution in [1.82, 2.24) is 5.32 Å². The Balaban J connectivity index is 2.62. The number of aliphatic hydroxyl groups excluding tert-OH is 1. The molecule has 0 fully saturated rings. The van der Waals surface area contributed by atoms with E-state index >= 15 is 0 Å². The van der Waals surface area contributed by atoms with Gasteiger partial charge in [-0.3, -0.25) is 0 Å². The van der Waals surface area contributed by atoms with Gasteiger partial charge in [0.05, 0.1) is 6.61 Å². The number of rotatable bonds is 4. The minimum absolute atomic E-state index is 0.0880. The third-order valence-corrected chi connectivity index (χ3v) is 2.78. The van der Waals surface area contributed by atoms with Crippen LogP contribution in [0.15, 0.2) is 22.7 Å². The summed E-state index contributed by atoms with van der Waals surface area (Å²) in [6.07, 6.45) is 0. The van der Waals surface area contributed by atoms with Gasteiger partial charge in [-0.25, -0.2) is 0 Å². The van der Waals surface area contributed by atoms with Gasteiger partial charge in [0.2, 0.25) is 0 Å². The second-order valence-corrected chi connectivity index (χ2v) is 4.52. The molecule has 0 spiro atoms. The van der Waals surface area contributed by atoms with Gasteiger partial charge in [-0.15, -0.1) is 0 Å². The third-order valence-electron chi connectivity index (χ3n) is 1.92. The van der Waals surface area contributed by atoms with Crippen molar-refractivity contribution in [3.8, 4) is 0 Å². The first-order chi connectivity index (χ1) is 6.63. The maximum Gasteiger partial charge on any atom is 0.0582 e. The monoisotopic (exact) mass is 277 g/mol. The second kappa shape index (κ2) is 5.71. The molecule has 4 heteroatoms. The molecule has 78 valence electrons. The molecule has 2 nitrogen and oxygen atoms in total. The zero-order chi connectivity index (χ0) is 10.6. The first-order valence-electron chi connectivity index (χ1n) is 4.41. The first-order valence-corrected chi connectivity index (χ1v) is 5.58. The van der Waals surface area contributed by atoms with Crippen LogP contribution in [0.25, 0.3) is 0 Å². The van der Waals surface area contributed by atoms with Crippen LogP contribution in [-0.4, -0.2) is 17.8 Å². The van der Waals surface area contributed by atoms with Crippen LogP contribution in [0.2, 0.25) is 5.02 Å². The maximum absolute atomic E-state index is 8.83. The Kier molecular flexibility index (Phi) is 4.89. The summed E-state index contributed by atoms with van der Waals surface area (Å²) in [5, 5.41) is 12.7. The quantitative estimate of drug-likeness (QED) is 0.887. The Morgan fingerprint density at radius 2 is 2.29 bits per heavy atom. The Morgan fingerprint density at radius 1 is 1.57 bits per heavy atom. The summed E-state index contributed by atoms with van der Waals surface area (Å²) in [6, 6.07) is 5.82. The van der Waals surface area contributed by atoms with Crippen molar-refractivity contribution in [1.29, 1.82) is 0 Å². The van der Waals surface area contributed by atoms with Gasteiger partial charge in [0.15, 0.2) is 0 Å². The van der Waals surface area contributed by atoms with Crippen LogP contribution in [0.5, 0.6) is 0 Å². The van der Waals surface area contributed by atoms with Gasteiger partial charge in [0, 0.05) is 22.1 Å². The van der Waals surface area contributed by atoms with Crippen LogP contribution >= 0.6 is 27.5 Å². The summed E-state index contributed by atoms with van der Waals surface area (Å²) in [6.45, 7) is 2.72. The number of halogens is 2. The van der Waals surface area contributed by atoms with E-state index in [9.17, 15) is 0 Å². The van der Waals surface area contributed by atoms with Gasteiger partial charge in [-0.1, -0.05) is 27.5 Å². The molecule has 0 aliphatic rings. The standard InChI is InChI=1S/C10H13BrClNO/c1-7(6-14)13-5-8-4-9(11)2-3-10(8)12/h2-4,7,13-14H,5-6H2,1H3/t7-/m0/s1. The molecule has 0 aliphatic carbocycles. The number of hydrogen-bond donors (Lipinski definition) is 2. The van der Waals surface area contributed by atoms with Gasteiger partial charge in [0.1, 0.15) is 0 Å². The van der Waals surface area contributed by atoms with Crippen LogP contribution in [0, 0.1) is 0 Å². The van der Waals surface area contributed by atoms with E-state index in [0.717, 1.165) is 15.1 Å². The Bertz CT molecular complexity index is 306. The summed E-state index contributed by atoms with van der Waals surface area (Å²) in [4.78, 5) is 0.